The molecule has 0 spiro atoms. The number of nitrogens with one attached hydrogen (secondary N) is 2. The van der Waals surface area contributed by atoms with E-state index in [4.69, 9.17) is 16.9 Å². The predicted molar refractivity (Wildman–Crippen MR) is 98.0 cm³/mol. The maximum Gasteiger partial charge on any atom is 0.274 e. The topological polar surface area (TPSA) is 90.7 Å². The van der Waals surface area contributed by atoms with Gasteiger partial charge in [-0.05, 0) is 37.3 Å². The van der Waals surface area contributed by atoms with E-state index in [1.165, 1.54) is 35.9 Å². The smallest absolute Gasteiger partial charge is 0.274 e. The van der Waals surface area contributed by atoms with E-state index < -0.39 is 17.4 Å². The molecule has 8 heteroatoms. The van der Waals surface area contributed by atoms with E-state index in [0.717, 1.165) is 0 Å². The molecular weight excluding hydrogens is 359 g/mol. The SMILES string of the molecule is C[C@@H](Nc1ccc(C#N)n(C)c1=O)c1cc2ccc(F)c(Cl)c2[nH]c1=O. The van der Waals surface area contributed by atoms with Gasteiger partial charge >= 0.3 is 0 Å². The molecule has 0 saturated heterocycles. The first-order valence-corrected chi connectivity index (χ1v) is 8.09. The summed E-state index contributed by atoms with van der Waals surface area (Å²) in [7, 11) is 1.50. The monoisotopic (exact) mass is 372 g/mol. The zero-order valence-electron chi connectivity index (χ0n) is 13.9. The lowest BCUT2D eigenvalue weighted by Crippen LogP contribution is -2.26. The average molecular weight is 373 g/mol. The number of hydrogen-bond donors (Lipinski definition) is 2. The van der Waals surface area contributed by atoms with Gasteiger partial charge in [-0.2, -0.15) is 5.26 Å². The third kappa shape index (κ3) is 2.95. The van der Waals surface area contributed by atoms with Gasteiger partial charge in [0.2, 0.25) is 0 Å². The molecule has 0 radical (unpaired) electrons. The van der Waals surface area contributed by atoms with E-state index >= 15 is 0 Å². The lowest BCUT2D eigenvalue weighted by atomic mass is 10.1. The van der Waals surface area contributed by atoms with Crippen molar-refractivity contribution in [2.24, 2.45) is 7.05 Å². The summed E-state index contributed by atoms with van der Waals surface area (Å²) in [6, 6.07) is 8.78. The second-order valence-electron chi connectivity index (χ2n) is 5.85. The van der Waals surface area contributed by atoms with Crippen LogP contribution in [-0.2, 0) is 7.05 Å². The maximum absolute atomic E-state index is 13.5. The summed E-state index contributed by atoms with van der Waals surface area (Å²) in [5, 5.41) is 12.4. The van der Waals surface area contributed by atoms with Gasteiger partial charge in [0.05, 0.1) is 11.6 Å². The molecule has 0 bridgehead atoms. The molecule has 3 rings (SSSR count). The number of H-pyrrole nitrogens is 1. The maximum atomic E-state index is 13.5. The summed E-state index contributed by atoms with van der Waals surface area (Å²) in [4.78, 5) is 27.3. The normalized spacial score (nSPS) is 12.0. The number of nitriles is 1. The lowest BCUT2D eigenvalue weighted by Gasteiger charge is -2.16. The van der Waals surface area contributed by atoms with Crippen molar-refractivity contribution in [3.05, 3.63) is 73.1 Å². The number of halogens is 2. The molecule has 0 amide bonds. The van der Waals surface area contributed by atoms with Crippen LogP contribution < -0.4 is 16.4 Å². The van der Waals surface area contributed by atoms with Crippen molar-refractivity contribution in [3.8, 4) is 6.07 Å². The van der Waals surface area contributed by atoms with Crippen LogP contribution in [0.15, 0.2) is 39.9 Å². The summed E-state index contributed by atoms with van der Waals surface area (Å²) >= 11 is 5.90. The van der Waals surface area contributed by atoms with Gasteiger partial charge in [0.15, 0.2) is 0 Å². The standard InChI is InChI=1S/C18H14ClFN4O2/c1-9(22-14-6-4-11(8-21)24(2)18(14)26)12-7-10-3-5-13(20)15(19)16(10)23-17(12)25/h3-7,9,22H,1-2H3,(H,23,25)/t9-/m1/s1. The van der Waals surface area contributed by atoms with Crippen molar-refractivity contribution in [2.75, 3.05) is 5.32 Å². The van der Waals surface area contributed by atoms with Gasteiger partial charge in [-0.25, -0.2) is 4.39 Å². The summed E-state index contributed by atoms with van der Waals surface area (Å²) in [5.74, 6) is -0.616. The minimum atomic E-state index is -0.616. The number of fused-ring (bicyclic) bond motifs is 1. The fourth-order valence-electron chi connectivity index (χ4n) is 2.72. The highest BCUT2D eigenvalue weighted by atomic mass is 35.5. The Morgan fingerprint density at radius 3 is 2.73 bits per heavy atom. The van der Waals surface area contributed by atoms with Crippen molar-refractivity contribution in [1.82, 2.24) is 9.55 Å². The molecule has 6 nitrogen and oxygen atoms in total. The minimum absolute atomic E-state index is 0.146. The lowest BCUT2D eigenvalue weighted by molar-refractivity contribution is 0.629. The molecule has 132 valence electrons. The van der Waals surface area contributed by atoms with E-state index in [-0.39, 0.29) is 27.5 Å². The molecule has 1 atom stereocenters. The molecule has 26 heavy (non-hydrogen) atoms. The molecular formula is C18H14ClFN4O2. The molecule has 3 aromatic rings. The van der Waals surface area contributed by atoms with Gasteiger partial charge in [0.25, 0.3) is 11.1 Å². The Hall–Kier alpha value is -3.11. The first-order valence-electron chi connectivity index (χ1n) is 7.71. The van der Waals surface area contributed by atoms with E-state index in [9.17, 15) is 14.0 Å². The van der Waals surface area contributed by atoms with Crippen molar-refractivity contribution < 1.29 is 4.39 Å². The van der Waals surface area contributed by atoms with Gasteiger partial charge in [0, 0.05) is 18.0 Å². The Morgan fingerprint density at radius 2 is 2.04 bits per heavy atom. The van der Waals surface area contributed by atoms with Crippen molar-refractivity contribution in [1.29, 1.82) is 5.26 Å². The fraction of sp³-hybridized carbons (Fsp3) is 0.167. The molecule has 0 aliphatic rings. The molecule has 0 aliphatic heterocycles. The van der Waals surface area contributed by atoms with Gasteiger partial charge in [-0.3, -0.25) is 9.59 Å². The summed E-state index contributed by atoms with van der Waals surface area (Å²) in [5.41, 5.74) is 0.270. The third-order valence-corrected chi connectivity index (χ3v) is 4.57. The Balaban J connectivity index is 2.03. The Morgan fingerprint density at radius 1 is 1.31 bits per heavy atom. The second kappa shape index (κ2) is 6.65. The second-order valence-corrected chi connectivity index (χ2v) is 6.23. The predicted octanol–water partition coefficient (Wildman–Crippen LogP) is 3.06. The van der Waals surface area contributed by atoms with Gasteiger partial charge in [0.1, 0.15) is 28.3 Å². The quantitative estimate of drug-likeness (QED) is 0.739. The molecule has 0 fully saturated rings. The fourth-order valence-corrected chi connectivity index (χ4v) is 2.94. The van der Waals surface area contributed by atoms with Crippen molar-refractivity contribution in [2.45, 2.75) is 13.0 Å². The molecule has 0 unspecified atom stereocenters. The third-order valence-electron chi connectivity index (χ3n) is 4.20. The van der Waals surface area contributed by atoms with Crippen molar-refractivity contribution >= 4 is 28.2 Å². The average Bonchev–Trinajstić information content (AvgIpc) is 2.62. The van der Waals surface area contributed by atoms with Crippen LogP contribution in [0.4, 0.5) is 10.1 Å². The molecule has 0 saturated carbocycles. The van der Waals surface area contributed by atoms with Crippen LogP contribution in [0.5, 0.6) is 0 Å². The summed E-state index contributed by atoms with van der Waals surface area (Å²) in [6.45, 7) is 1.72. The van der Waals surface area contributed by atoms with Crippen LogP contribution in [0.1, 0.15) is 24.2 Å². The molecule has 2 aromatic heterocycles. The summed E-state index contributed by atoms with van der Waals surface area (Å²) < 4.78 is 14.8. The number of aromatic amines is 1. The van der Waals surface area contributed by atoms with Gasteiger partial charge in [-0.1, -0.05) is 11.6 Å². The van der Waals surface area contributed by atoms with E-state index in [1.807, 2.05) is 6.07 Å². The molecule has 1 aromatic carbocycles. The minimum Gasteiger partial charge on any atom is -0.374 e. The van der Waals surface area contributed by atoms with Crippen LogP contribution in [-0.4, -0.2) is 9.55 Å². The Kier molecular flexibility index (Phi) is 4.53. The van der Waals surface area contributed by atoms with Crippen LogP contribution >= 0.6 is 11.6 Å². The zero-order valence-corrected chi connectivity index (χ0v) is 14.7. The Bertz CT molecular complexity index is 1180. The van der Waals surface area contributed by atoms with E-state index in [1.54, 1.807) is 13.0 Å². The number of anilines is 1. The van der Waals surface area contributed by atoms with Crippen LogP contribution in [0.2, 0.25) is 5.02 Å². The van der Waals surface area contributed by atoms with Crippen LogP contribution in [0.25, 0.3) is 10.9 Å². The number of benzene rings is 1. The van der Waals surface area contributed by atoms with E-state index in [2.05, 4.69) is 10.3 Å². The molecule has 2 heterocycles. The largest absolute Gasteiger partial charge is 0.374 e. The van der Waals surface area contributed by atoms with E-state index in [0.29, 0.717) is 10.9 Å². The highest BCUT2D eigenvalue weighted by molar-refractivity contribution is 6.35. The number of rotatable bonds is 3. The molecule has 2 N–H and O–H groups in total. The van der Waals surface area contributed by atoms with Gasteiger partial charge < -0.3 is 14.9 Å². The number of hydrogen-bond acceptors (Lipinski definition) is 4. The number of nitrogens with zero attached hydrogens (tertiary/aromatic N) is 2. The Labute approximate surface area is 152 Å². The number of aromatic nitrogens is 2. The summed E-state index contributed by atoms with van der Waals surface area (Å²) in [6.07, 6.45) is 0. The first-order chi connectivity index (χ1) is 12.3. The van der Waals surface area contributed by atoms with Gasteiger partial charge in [-0.15, -0.1) is 0 Å². The number of pyridine rings is 2. The van der Waals surface area contributed by atoms with Crippen molar-refractivity contribution in [3.63, 3.8) is 0 Å². The van der Waals surface area contributed by atoms with Crippen LogP contribution in [0.3, 0.4) is 0 Å². The highest BCUT2D eigenvalue weighted by Gasteiger charge is 2.15. The first kappa shape index (κ1) is 17.7. The highest BCUT2D eigenvalue weighted by Crippen LogP contribution is 2.25. The zero-order chi connectivity index (χ0) is 19.0. The molecule has 0 aliphatic carbocycles. The van der Waals surface area contributed by atoms with Crippen LogP contribution in [0, 0.1) is 17.1 Å².